The van der Waals surface area contributed by atoms with Crippen molar-refractivity contribution < 1.29 is 19.8 Å². The number of anilines is 1. The van der Waals surface area contributed by atoms with Crippen LogP contribution in [-0.2, 0) is 9.59 Å². The van der Waals surface area contributed by atoms with E-state index in [9.17, 15) is 19.8 Å². The highest BCUT2D eigenvalue weighted by molar-refractivity contribution is 9.10. The van der Waals surface area contributed by atoms with E-state index >= 15 is 0 Å². The molecule has 0 radical (unpaired) electrons. The van der Waals surface area contributed by atoms with Gasteiger partial charge < -0.3 is 10.2 Å². The summed E-state index contributed by atoms with van der Waals surface area (Å²) in [6.45, 7) is 0. The van der Waals surface area contributed by atoms with Gasteiger partial charge in [0.2, 0.25) is 0 Å². The molecule has 1 aliphatic heterocycles. The van der Waals surface area contributed by atoms with Gasteiger partial charge in [0.05, 0.1) is 11.3 Å². The van der Waals surface area contributed by atoms with Crippen LogP contribution in [0.2, 0.25) is 0 Å². The van der Waals surface area contributed by atoms with Crippen molar-refractivity contribution in [2.75, 3.05) is 4.90 Å². The van der Waals surface area contributed by atoms with Crippen molar-refractivity contribution in [3.8, 4) is 5.75 Å². The van der Waals surface area contributed by atoms with Crippen LogP contribution in [0.3, 0.4) is 0 Å². The second-order valence-corrected chi connectivity index (χ2v) is 8.08. The van der Waals surface area contributed by atoms with E-state index in [1.807, 2.05) is 11.4 Å². The highest BCUT2D eigenvalue weighted by Gasteiger charge is 2.48. The molecular formula is C21H14BrNO4S. The summed E-state index contributed by atoms with van der Waals surface area (Å²) in [6.07, 6.45) is 0. The molecule has 1 saturated heterocycles. The molecule has 1 amide bonds. The Hall–Kier alpha value is -2.90. The van der Waals surface area contributed by atoms with E-state index in [-0.39, 0.29) is 22.8 Å². The minimum Gasteiger partial charge on any atom is -0.507 e. The number of aliphatic hydroxyl groups excluding tert-OH is 1. The molecule has 7 heteroatoms. The zero-order valence-corrected chi connectivity index (χ0v) is 16.8. The topological polar surface area (TPSA) is 77.8 Å². The van der Waals surface area contributed by atoms with Gasteiger partial charge in [-0.25, -0.2) is 0 Å². The number of halogens is 1. The molecule has 3 aromatic rings. The van der Waals surface area contributed by atoms with Crippen LogP contribution in [0.4, 0.5) is 5.69 Å². The van der Waals surface area contributed by atoms with Gasteiger partial charge in [-0.1, -0.05) is 46.3 Å². The molecule has 1 fully saturated rings. The summed E-state index contributed by atoms with van der Waals surface area (Å²) in [5.74, 6) is -1.95. The molecule has 4 rings (SSSR count). The van der Waals surface area contributed by atoms with Crippen LogP contribution < -0.4 is 4.90 Å². The number of para-hydroxylation sites is 2. The summed E-state index contributed by atoms with van der Waals surface area (Å²) in [7, 11) is 0. The Morgan fingerprint density at radius 3 is 2.36 bits per heavy atom. The van der Waals surface area contributed by atoms with Crippen molar-refractivity contribution in [2.45, 2.75) is 6.04 Å². The van der Waals surface area contributed by atoms with Crippen molar-refractivity contribution in [1.29, 1.82) is 0 Å². The van der Waals surface area contributed by atoms with Crippen LogP contribution in [0, 0.1) is 0 Å². The Kier molecular flexibility index (Phi) is 4.78. The summed E-state index contributed by atoms with van der Waals surface area (Å²) in [6, 6.07) is 15.9. The Morgan fingerprint density at radius 2 is 1.71 bits per heavy atom. The molecule has 28 heavy (non-hydrogen) atoms. The smallest absolute Gasteiger partial charge is 0.300 e. The minimum absolute atomic E-state index is 0.00183. The second kappa shape index (κ2) is 7.26. The van der Waals surface area contributed by atoms with E-state index in [0.29, 0.717) is 10.4 Å². The average Bonchev–Trinajstić information content (AvgIpc) is 3.30. The normalized spacial score (nSPS) is 18.6. The Balaban J connectivity index is 1.94. The number of carbonyl (C=O) groups excluding carboxylic acids is 2. The van der Waals surface area contributed by atoms with Gasteiger partial charge in [-0.3, -0.25) is 14.5 Å². The fraction of sp³-hybridized carbons (Fsp3) is 0.0476. The number of nitrogens with zero attached hydrogens (tertiary/aromatic N) is 1. The summed E-state index contributed by atoms with van der Waals surface area (Å²) in [4.78, 5) is 27.7. The number of hydrogen-bond donors (Lipinski definition) is 2. The average molecular weight is 456 g/mol. The van der Waals surface area contributed by atoms with Crippen LogP contribution in [0.25, 0.3) is 5.76 Å². The number of amides is 1. The molecule has 2 N–H and O–H groups in total. The quantitative estimate of drug-likeness (QED) is 0.336. The van der Waals surface area contributed by atoms with Gasteiger partial charge >= 0.3 is 0 Å². The molecule has 5 nitrogen and oxygen atoms in total. The number of carbonyl (C=O) groups is 2. The molecule has 2 aromatic carbocycles. The Labute approximate surface area is 173 Å². The molecule has 2 heterocycles. The standard InChI is InChI=1S/C21H14BrNO4S/c22-13-9-7-12(8-10-13)19(25)17-18(16-6-3-11-28-16)23(21(27)20(17)26)14-4-1-2-5-15(14)24/h1-11,18,24-25H/b19-17-. The maximum absolute atomic E-state index is 12.9. The molecule has 1 atom stereocenters. The number of phenols is 1. The van der Waals surface area contributed by atoms with Crippen LogP contribution in [0.1, 0.15) is 16.5 Å². The SMILES string of the molecule is O=C1C(=O)N(c2ccccc2O)C(c2cccs2)/C1=C(/O)c1ccc(Br)cc1. The van der Waals surface area contributed by atoms with E-state index < -0.39 is 17.7 Å². The molecule has 0 saturated carbocycles. The number of hydrogen-bond acceptors (Lipinski definition) is 5. The van der Waals surface area contributed by atoms with E-state index in [4.69, 9.17) is 0 Å². The van der Waals surface area contributed by atoms with Gasteiger partial charge in [-0.05, 0) is 35.7 Å². The first-order valence-corrected chi connectivity index (χ1v) is 10.0. The van der Waals surface area contributed by atoms with Gasteiger partial charge in [-0.15, -0.1) is 11.3 Å². The molecule has 140 valence electrons. The number of aliphatic hydroxyl groups is 1. The first-order valence-electron chi connectivity index (χ1n) is 8.37. The minimum atomic E-state index is -0.822. The summed E-state index contributed by atoms with van der Waals surface area (Å²) < 4.78 is 0.827. The van der Waals surface area contributed by atoms with Gasteiger partial charge in [-0.2, -0.15) is 0 Å². The molecule has 0 bridgehead atoms. The first kappa shape index (κ1) is 18.5. The predicted molar refractivity (Wildman–Crippen MR) is 111 cm³/mol. The van der Waals surface area contributed by atoms with Crippen LogP contribution in [-0.4, -0.2) is 21.9 Å². The Bertz CT molecular complexity index is 1090. The Morgan fingerprint density at radius 1 is 1.00 bits per heavy atom. The maximum Gasteiger partial charge on any atom is 0.300 e. The number of Topliss-reactive ketones (excluding diaryl/α,β-unsaturated/α-hetero) is 1. The van der Waals surface area contributed by atoms with Crippen molar-refractivity contribution in [3.63, 3.8) is 0 Å². The maximum atomic E-state index is 12.9. The highest BCUT2D eigenvalue weighted by Crippen LogP contribution is 2.45. The van der Waals surface area contributed by atoms with E-state index in [1.54, 1.807) is 48.5 Å². The number of phenolic OH excluding ortho intramolecular Hbond substituents is 1. The number of thiophene rings is 1. The third-order valence-corrected chi connectivity index (χ3v) is 5.97. The molecule has 0 aliphatic carbocycles. The molecule has 1 unspecified atom stereocenters. The van der Waals surface area contributed by atoms with Crippen LogP contribution in [0.15, 0.2) is 76.1 Å². The van der Waals surface area contributed by atoms with Crippen molar-refractivity contribution in [2.24, 2.45) is 0 Å². The number of rotatable bonds is 3. The lowest BCUT2D eigenvalue weighted by Gasteiger charge is -2.24. The predicted octanol–water partition coefficient (Wildman–Crippen LogP) is 4.84. The molecule has 1 aliphatic rings. The third kappa shape index (κ3) is 3.02. The number of aromatic hydroxyl groups is 1. The summed E-state index contributed by atoms with van der Waals surface area (Å²) >= 11 is 4.70. The largest absolute Gasteiger partial charge is 0.507 e. The third-order valence-electron chi connectivity index (χ3n) is 4.52. The van der Waals surface area contributed by atoms with Crippen LogP contribution >= 0.6 is 27.3 Å². The summed E-state index contributed by atoms with van der Waals surface area (Å²) in [5.41, 5.74) is 0.649. The fourth-order valence-corrected chi connectivity index (χ4v) is 4.32. The number of benzene rings is 2. The zero-order valence-electron chi connectivity index (χ0n) is 14.4. The zero-order chi connectivity index (χ0) is 19.8. The summed E-state index contributed by atoms with van der Waals surface area (Å²) in [5, 5.41) is 23.0. The number of ketones is 1. The van der Waals surface area contributed by atoms with Gasteiger partial charge in [0, 0.05) is 14.9 Å². The van der Waals surface area contributed by atoms with Crippen molar-refractivity contribution in [1.82, 2.24) is 0 Å². The highest BCUT2D eigenvalue weighted by atomic mass is 79.9. The van der Waals surface area contributed by atoms with Gasteiger partial charge in [0.25, 0.3) is 11.7 Å². The lowest BCUT2D eigenvalue weighted by Crippen LogP contribution is -2.29. The van der Waals surface area contributed by atoms with Crippen molar-refractivity contribution in [3.05, 3.63) is 86.5 Å². The molecule has 0 spiro atoms. The monoisotopic (exact) mass is 455 g/mol. The fourth-order valence-electron chi connectivity index (χ4n) is 3.23. The van der Waals surface area contributed by atoms with Gasteiger partial charge in [0.1, 0.15) is 17.6 Å². The lowest BCUT2D eigenvalue weighted by molar-refractivity contribution is -0.132. The van der Waals surface area contributed by atoms with E-state index in [1.165, 1.54) is 22.3 Å². The van der Waals surface area contributed by atoms with E-state index in [2.05, 4.69) is 15.9 Å². The first-order chi connectivity index (χ1) is 13.5. The lowest BCUT2D eigenvalue weighted by atomic mass is 10.00. The second-order valence-electron chi connectivity index (χ2n) is 6.18. The molecule has 1 aromatic heterocycles. The van der Waals surface area contributed by atoms with Crippen molar-refractivity contribution >= 4 is 50.4 Å². The van der Waals surface area contributed by atoms with E-state index in [0.717, 1.165) is 4.47 Å². The van der Waals surface area contributed by atoms with Gasteiger partial charge in [0.15, 0.2) is 0 Å². The van der Waals surface area contributed by atoms with Crippen LogP contribution in [0.5, 0.6) is 5.75 Å². The molecular weight excluding hydrogens is 442 g/mol.